The molecule has 1 heterocycles. The first kappa shape index (κ1) is 32.8. The van der Waals surface area contributed by atoms with Crippen LogP contribution in [0.3, 0.4) is 0 Å². The summed E-state index contributed by atoms with van der Waals surface area (Å²) in [7, 11) is 0. The number of allylic oxidation sites excluding steroid dienone is 1. The minimum atomic E-state index is -0.679. The fraction of sp³-hybridized carbons (Fsp3) is 0.333. The molecule has 5 atom stereocenters. The highest BCUT2D eigenvalue weighted by molar-refractivity contribution is 5.16. The fourth-order valence-electron chi connectivity index (χ4n) is 5.31. The van der Waals surface area contributed by atoms with E-state index in [-0.39, 0.29) is 0 Å². The van der Waals surface area contributed by atoms with Crippen LogP contribution in [0.25, 0.3) is 0 Å². The van der Waals surface area contributed by atoms with Gasteiger partial charge in [-0.2, -0.15) is 0 Å². The zero-order valence-electron chi connectivity index (χ0n) is 25.8. The molecule has 0 spiro atoms. The van der Waals surface area contributed by atoms with Crippen molar-refractivity contribution in [2.45, 2.75) is 70.0 Å². The number of benzene rings is 4. The van der Waals surface area contributed by atoms with Gasteiger partial charge in [0.1, 0.15) is 24.4 Å². The zero-order chi connectivity index (χ0) is 30.9. The van der Waals surface area contributed by atoms with Crippen LogP contribution >= 0.6 is 0 Å². The van der Waals surface area contributed by atoms with Crippen molar-refractivity contribution in [2.75, 3.05) is 13.2 Å². The highest BCUT2D eigenvalue weighted by Crippen LogP contribution is 2.32. The predicted molar refractivity (Wildman–Crippen MR) is 175 cm³/mol. The first-order valence-electron chi connectivity index (χ1n) is 15.8. The summed E-state index contributed by atoms with van der Waals surface area (Å²) in [5, 5.41) is 0. The summed E-state index contributed by atoms with van der Waals surface area (Å²) >= 11 is 0. The molecule has 0 N–H and O–H groups in total. The quantitative estimate of drug-likeness (QED) is 0.0854. The maximum Gasteiger partial charge on any atom is 0.186 e. The van der Waals surface area contributed by atoms with Crippen molar-refractivity contribution in [1.82, 2.24) is 0 Å². The Kier molecular flexibility index (Phi) is 13.4. The Labute approximate surface area is 267 Å². The van der Waals surface area contributed by atoms with Gasteiger partial charge < -0.3 is 28.4 Å². The van der Waals surface area contributed by atoms with E-state index < -0.39 is 30.7 Å². The van der Waals surface area contributed by atoms with Gasteiger partial charge >= 0.3 is 0 Å². The van der Waals surface area contributed by atoms with Crippen molar-refractivity contribution < 1.29 is 28.4 Å². The smallest absolute Gasteiger partial charge is 0.186 e. The number of unbranched alkanes of at least 4 members (excludes halogenated alkanes) is 1. The van der Waals surface area contributed by atoms with Gasteiger partial charge in [0.25, 0.3) is 0 Å². The molecule has 1 aliphatic heterocycles. The van der Waals surface area contributed by atoms with E-state index in [1.54, 1.807) is 0 Å². The molecule has 5 rings (SSSR count). The van der Waals surface area contributed by atoms with E-state index in [1.165, 1.54) is 0 Å². The molecule has 0 saturated carbocycles. The molecule has 6 heteroatoms. The van der Waals surface area contributed by atoms with Crippen LogP contribution in [-0.4, -0.2) is 43.9 Å². The summed E-state index contributed by atoms with van der Waals surface area (Å²) in [5.74, 6) is 0. The normalized spacial score (nSPS) is 21.4. The molecule has 45 heavy (non-hydrogen) atoms. The Balaban J connectivity index is 1.41. The van der Waals surface area contributed by atoms with Gasteiger partial charge in [-0.25, -0.2) is 0 Å². The average Bonchev–Trinajstić information content (AvgIpc) is 3.10. The summed E-state index contributed by atoms with van der Waals surface area (Å²) in [6, 6.07) is 40.5. The van der Waals surface area contributed by atoms with Gasteiger partial charge in [-0.1, -0.05) is 127 Å². The van der Waals surface area contributed by atoms with Crippen LogP contribution in [-0.2, 0) is 54.8 Å². The Hall–Kier alpha value is -3.62. The van der Waals surface area contributed by atoms with Crippen LogP contribution in [0, 0.1) is 0 Å². The first-order chi connectivity index (χ1) is 22.3. The molecule has 236 valence electrons. The van der Waals surface area contributed by atoms with Gasteiger partial charge in [-0.05, 0) is 35.1 Å². The van der Waals surface area contributed by atoms with Crippen LogP contribution in [0.2, 0.25) is 0 Å². The number of hydrogen-bond donors (Lipinski definition) is 0. The predicted octanol–water partition coefficient (Wildman–Crippen LogP) is 7.67. The minimum Gasteiger partial charge on any atom is -0.374 e. The van der Waals surface area contributed by atoms with E-state index in [1.807, 2.05) is 91.0 Å². The first-order valence-corrected chi connectivity index (χ1v) is 15.8. The summed E-state index contributed by atoms with van der Waals surface area (Å²) in [4.78, 5) is 0. The van der Waals surface area contributed by atoms with Gasteiger partial charge in [-0.15, -0.1) is 6.58 Å². The van der Waals surface area contributed by atoms with Crippen LogP contribution in [0.15, 0.2) is 134 Å². The van der Waals surface area contributed by atoms with Crippen molar-refractivity contribution in [3.05, 3.63) is 156 Å². The molecular weight excluding hydrogens is 564 g/mol. The number of rotatable bonds is 18. The molecule has 1 saturated heterocycles. The van der Waals surface area contributed by atoms with Gasteiger partial charge in [0.2, 0.25) is 0 Å². The monoisotopic (exact) mass is 608 g/mol. The SMILES string of the molecule is C=CCCCO[C@@H]1O[C@H](COCc2ccccc2)[C@H](OCc2ccccc2)[C@H](OCc2ccccc2)[C@H]1OCc1ccccc1. The summed E-state index contributed by atoms with van der Waals surface area (Å²) in [6.07, 6.45) is 0.896. The van der Waals surface area contributed by atoms with Gasteiger partial charge in [-0.3, -0.25) is 0 Å². The molecule has 0 aromatic heterocycles. The van der Waals surface area contributed by atoms with Crippen LogP contribution in [0.4, 0.5) is 0 Å². The molecule has 1 aliphatic rings. The number of hydrogen-bond acceptors (Lipinski definition) is 6. The number of ether oxygens (including phenoxy) is 6. The highest BCUT2D eigenvalue weighted by atomic mass is 16.7. The third kappa shape index (κ3) is 10.5. The fourth-order valence-corrected chi connectivity index (χ4v) is 5.31. The lowest BCUT2D eigenvalue weighted by Crippen LogP contribution is -2.61. The van der Waals surface area contributed by atoms with Crippen molar-refractivity contribution in [2.24, 2.45) is 0 Å². The maximum absolute atomic E-state index is 6.74. The molecule has 0 radical (unpaired) electrons. The van der Waals surface area contributed by atoms with E-state index in [0.29, 0.717) is 39.6 Å². The van der Waals surface area contributed by atoms with Crippen molar-refractivity contribution >= 4 is 0 Å². The minimum absolute atomic E-state index is 0.303. The second-order valence-corrected chi connectivity index (χ2v) is 11.1. The summed E-state index contributed by atoms with van der Waals surface area (Å²) in [5.41, 5.74) is 4.27. The molecular formula is C39H44O6. The van der Waals surface area contributed by atoms with E-state index in [2.05, 4.69) is 43.0 Å². The molecule has 0 unspecified atom stereocenters. The molecule has 4 aromatic carbocycles. The largest absolute Gasteiger partial charge is 0.374 e. The van der Waals surface area contributed by atoms with Gasteiger partial charge in [0, 0.05) is 0 Å². The van der Waals surface area contributed by atoms with E-state index >= 15 is 0 Å². The van der Waals surface area contributed by atoms with Crippen molar-refractivity contribution in [1.29, 1.82) is 0 Å². The lowest BCUT2D eigenvalue weighted by molar-refractivity contribution is -0.328. The molecule has 0 aliphatic carbocycles. The topological polar surface area (TPSA) is 55.4 Å². The third-order valence-corrected chi connectivity index (χ3v) is 7.68. The highest BCUT2D eigenvalue weighted by Gasteiger charge is 2.49. The van der Waals surface area contributed by atoms with Crippen LogP contribution in [0.1, 0.15) is 35.1 Å². The van der Waals surface area contributed by atoms with Gasteiger partial charge in [0.05, 0.1) is 39.6 Å². The van der Waals surface area contributed by atoms with Crippen molar-refractivity contribution in [3.8, 4) is 0 Å². The lowest BCUT2D eigenvalue weighted by Gasteiger charge is -2.46. The molecule has 0 bridgehead atoms. The van der Waals surface area contributed by atoms with Crippen molar-refractivity contribution in [3.63, 3.8) is 0 Å². The van der Waals surface area contributed by atoms with E-state index in [4.69, 9.17) is 28.4 Å². The Morgan fingerprint density at radius 3 is 1.47 bits per heavy atom. The molecule has 0 amide bonds. The molecule has 4 aromatic rings. The van der Waals surface area contributed by atoms with Gasteiger partial charge in [0.15, 0.2) is 6.29 Å². The Morgan fingerprint density at radius 1 is 0.533 bits per heavy atom. The lowest BCUT2D eigenvalue weighted by atomic mass is 9.97. The van der Waals surface area contributed by atoms with E-state index in [0.717, 1.165) is 35.1 Å². The van der Waals surface area contributed by atoms with E-state index in [9.17, 15) is 0 Å². The Bertz CT molecular complexity index is 1350. The zero-order valence-corrected chi connectivity index (χ0v) is 25.8. The molecule has 6 nitrogen and oxygen atoms in total. The van der Waals surface area contributed by atoms with Crippen LogP contribution in [0.5, 0.6) is 0 Å². The second-order valence-electron chi connectivity index (χ2n) is 11.1. The third-order valence-electron chi connectivity index (χ3n) is 7.68. The Morgan fingerprint density at radius 2 is 0.978 bits per heavy atom. The second kappa shape index (κ2) is 18.4. The summed E-state index contributed by atoms with van der Waals surface area (Å²) in [6.45, 7) is 6.28. The van der Waals surface area contributed by atoms with Crippen LogP contribution < -0.4 is 0 Å². The summed E-state index contributed by atoms with van der Waals surface area (Å²) < 4.78 is 39.4. The standard InChI is InChI=1S/C39H44O6/c1-2-3-16-25-41-39-38(44-29-34-23-14-7-15-24-34)37(43-28-33-21-12-6-13-22-33)36(42-27-32-19-10-5-11-20-32)35(45-39)30-40-26-31-17-8-4-9-18-31/h2,4-15,17-24,35-39H,1,3,16,25-30H2/t35-,36+,37+,38-,39-/m1/s1. The molecule has 1 fully saturated rings. The maximum atomic E-state index is 6.74. The average molecular weight is 609 g/mol.